The minimum atomic E-state index is -3.34. The quantitative estimate of drug-likeness (QED) is 0.493. The molecule has 0 saturated heterocycles. The van der Waals surface area contributed by atoms with Crippen LogP contribution in [0.3, 0.4) is 0 Å². The van der Waals surface area contributed by atoms with Crippen LogP contribution in [0.2, 0.25) is 0 Å². The molecule has 0 aliphatic carbocycles. The summed E-state index contributed by atoms with van der Waals surface area (Å²) in [5.41, 5.74) is 6.42. The Bertz CT molecular complexity index is 492. The average Bonchev–Trinajstić information content (AvgIpc) is 2.38. The summed E-state index contributed by atoms with van der Waals surface area (Å²) in [6.45, 7) is 1.87. The Balaban J connectivity index is 2.38. The zero-order chi connectivity index (χ0) is 14.3. The molecule has 0 spiro atoms. The third kappa shape index (κ3) is 6.29. The van der Waals surface area contributed by atoms with Crippen molar-refractivity contribution < 1.29 is 13.5 Å². The molecule has 1 unspecified atom stereocenters. The molecule has 0 bridgehead atoms. The number of aliphatic hydroxyl groups is 1. The largest absolute Gasteiger partial charge is 0.398 e. The zero-order valence-corrected chi connectivity index (χ0v) is 12.5. The number of sulfonamides is 1. The van der Waals surface area contributed by atoms with E-state index in [9.17, 15) is 13.5 Å². The molecule has 0 aromatic heterocycles. The Hall–Kier alpha value is -0.760. The molecule has 108 valence electrons. The number of thioether (sulfide) groups is 1. The zero-order valence-electron chi connectivity index (χ0n) is 10.9. The van der Waals surface area contributed by atoms with E-state index in [1.54, 1.807) is 13.0 Å². The van der Waals surface area contributed by atoms with E-state index < -0.39 is 16.1 Å². The van der Waals surface area contributed by atoms with Gasteiger partial charge in [-0.15, -0.1) is 11.8 Å². The van der Waals surface area contributed by atoms with Crippen molar-refractivity contribution in [3.63, 3.8) is 0 Å². The van der Waals surface area contributed by atoms with Gasteiger partial charge in [0.05, 0.1) is 11.9 Å². The first-order valence-electron chi connectivity index (χ1n) is 6.07. The number of hydrogen-bond acceptors (Lipinski definition) is 5. The molecular weight excluding hydrogens is 284 g/mol. The van der Waals surface area contributed by atoms with Crippen LogP contribution in [-0.2, 0) is 10.0 Å². The number of anilines is 1. The van der Waals surface area contributed by atoms with E-state index in [-0.39, 0.29) is 12.3 Å². The fourth-order valence-electron chi connectivity index (χ4n) is 1.31. The van der Waals surface area contributed by atoms with E-state index in [1.165, 1.54) is 11.8 Å². The van der Waals surface area contributed by atoms with Crippen LogP contribution in [0.4, 0.5) is 5.69 Å². The van der Waals surface area contributed by atoms with Crippen LogP contribution < -0.4 is 10.5 Å². The van der Waals surface area contributed by atoms with Gasteiger partial charge in [-0.2, -0.15) is 0 Å². The van der Waals surface area contributed by atoms with Crippen LogP contribution >= 0.6 is 11.8 Å². The van der Waals surface area contributed by atoms with Crippen LogP contribution in [0.25, 0.3) is 0 Å². The highest BCUT2D eigenvalue weighted by molar-refractivity contribution is 8.00. The van der Waals surface area contributed by atoms with Crippen LogP contribution in [-0.4, -0.2) is 37.7 Å². The lowest BCUT2D eigenvalue weighted by molar-refractivity contribution is 0.174. The van der Waals surface area contributed by atoms with Crippen molar-refractivity contribution in [3.8, 4) is 0 Å². The number of benzene rings is 1. The molecule has 5 nitrogen and oxygen atoms in total. The monoisotopic (exact) mass is 304 g/mol. The number of nitrogens with two attached hydrogens (primary N) is 1. The Morgan fingerprint density at radius 2 is 2.11 bits per heavy atom. The van der Waals surface area contributed by atoms with Gasteiger partial charge in [-0.25, -0.2) is 13.1 Å². The maximum absolute atomic E-state index is 11.7. The second kappa shape index (κ2) is 7.74. The van der Waals surface area contributed by atoms with E-state index in [4.69, 9.17) is 5.73 Å². The number of para-hydroxylation sites is 1. The molecular formula is C12H20N2O3S2. The maximum atomic E-state index is 11.7. The van der Waals surface area contributed by atoms with Crippen LogP contribution in [0.1, 0.15) is 13.3 Å². The molecule has 1 aromatic rings. The minimum Gasteiger partial charge on any atom is -0.398 e. The second-order valence-electron chi connectivity index (χ2n) is 4.12. The summed E-state index contributed by atoms with van der Waals surface area (Å²) in [5.74, 6) is 0.425. The summed E-state index contributed by atoms with van der Waals surface area (Å²) < 4.78 is 25.7. The molecule has 0 heterocycles. The highest BCUT2D eigenvalue weighted by Crippen LogP contribution is 2.24. The Morgan fingerprint density at radius 3 is 2.74 bits per heavy atom. The van der Waals surface area contributed by atoms with Crippen molar-refractivity contribution >= 4 is 27.5 Å². The Kier molecular flexibility index (Phi) is 6.64. The number of aliphatic hydroxyl groups excluding tert-OH is 1. The second-order valence-corrected chi connectivity index (χ2v) is 7.18. The van der Waals surface area contributed by atoms with Gasteiger partial charge in [-0.05, 0) is 18.6 Å². The third-order valence-corrected chi connectivity index (χ3v) is 5.24. The summed E-state index contributed by atoms with van der Waals surface area (Å²) in [6.07, 6.45) is -0.107. The molecule has 4 N–H and O–H groups in total. The van der Waals surface area contributed by atoms with Crippen molar-refractivity contribution in [3.05, 3.63) is 24.3 Å². The van der Waals surface area contributed by atoms with Gasteiger partial charge >= 0.3 is 0 Å². The summed E-state index contributed by atoms with van der Waals surface area (Å²) in [4.78, 5) is 0.881. The molecule has 19 heavy (non-hydrogen) atoms. The Morgan fingerprint density at radius 1 is 1.42 bits per heavy atom. The SMILES string of the molecule is CCC(O)CNS(=O)(=O)CCSc1ccccc1N. The van der Waals surface area contributed by atoms with Gasteiger partial charge in [0, 0.05) is 22.9 Å². The number of nitrogens with one attached hydrogen (secondary N) is 1. The van der Waals surface area contributed by atoms with Crippen molar-refractivity contribution in [1.29, 1.82) is 0 Å². The maximum Gasteiger partial charge on any atom is 0.212 e. The van der Waals surface area contributed by atoms with Crippen LogP contribution in [0.15, 0.2) is 29.2 Å². The van der Waals surface area contributed by atoms with Gasteiger partial charge < -0.3 is 10.8 Å². The summed E-state index contributed by atoms with van der Waals surface area (Å²) in [7, 11) is -3.34. The molecule has 0 saturated carbocycles. The normalized spacial score (nSPS) is 13.4. The minimum absolute atomic E-state index is 0.00242. The fraction of sp³-hybridized carbons (Fsp3) is 0.500. The van der Waals surface area contributed by atoms with Crippen LogP contribution in [0.5, 0.6) is 0 Å². The standard InChI is InChI=1S/C12H20N2O3S2/c1-2-10(15)9-14-19(16,17)8-7-18-12-6-4-3-5-11(12)13/h3-6,10,14-15H,2,7-9,13H2,1H3. The van der Waals surface area contributed by atoms with Crippen molar-refractivity contribution in [2.24, 2.45) is 0 Å². The first-order chi connectivity index (χ1) is 8.94. The van der Waals surface area contributed by atoms with Gasteiger partial charge in [0.1, 0.15) is 0 Å². The predicted molar refractivity (Wildman–Crippen MR) is 79.7 cm³/mol. The van der Waals surface area contributed by atoms with Gasteiger partial charge in [-0.3, -0.25) is 0 Å². The lowest BCUT2D eigenvalue weighted by Gasteiger charge is -2.10. The highest BCUT2D eigenvalue weighted by Gasteiger charge is 2.12. The molecule has 1 aromatic carbocycles. The van der Waals surface area contributed by atoms with E-state index in [1.807, 2.05) is 18.2 Å². The van der Waals surface area contributed by atoms with E-state index >= 15 is 0 Å². The van der Waals surface area contributed by atoms with E-state index in [0.717, 1.165) is 4.90 Å². The van der Waals surface area contributed by atoms with Crippen molar-refractivity contribution in [2.45, 2.75) is 24.3 Å². The highest BCUT2D eigenvalue weighted by atomic mass is 32.2. The molecule has 1 atom stereocenters. The first-order valence-corrected chi connectivity index (χ1v) is 8.71. The molecule has 0 aliphatic heterocycles. The number of hydrogen-bond donors (Lipinski definition) is 3. The van der Waals surface area contributed by atoms with Gasteiger partial charge in [0.2, 0.25) is 10.0 Å². The van der Waals surface area contributed by atoms with E-state index in [2.05, 4.69) is 4.72 Å². The molecule has 7 heteroatoms. The van der Waals surface area contributed by atoms with Crippen LogP contribution in [0, 0.1) is 0 Å². The topological polar surface area (TPSA) is 92.4 Å². The summed E-state index contributed by atoms with van der Waals surface area (Å²) >= 11 is 1.41. The molecule has 1 rings (SSSR count). The number of rotatable bonds is 8. The van der Waals surface area contributed by atoms with E-state index in [0.29, 0.717) is 17.9 Å². The van der Waals surface area contributed by atoms with Crippen molar-refractivity contribution in [1.82, 2.24) is 4.72 Å². The molecule has 0 radical (unpaired) electrons. The van der Waals surface area contributed by atoms with Crippen molar-refractivity contribution in [2.75, 3.05) is 23.8 Å². The lowest BCUT2D eigenvalue weighted by Crippen LogP contribution is -2.34. The molecule has 0 amide bonds. The number of nitrogen functional groups attached to an aromatic ring is 1. The van der Waals surface area contributed by atoms with Gasteiger partial charge in [-0.1, -0.05) is 19.1 Å². The fourth-order valence-corrected chi connectivity index (χ4v) is 3.74. The molecule has 0 aliphatic rings. The average molecular weight is 304 g/mol. The molecule has 0 fully saturated rings. The Labute approximate surface area is 118 Å². The lowest BCUT2D eigenvalue weighted by atomic mass is 10.3. The summed E-state index contributed by atoms with van der Waals surface area (Å²) in [5, 5.41) is 9.31. The first kappa shape index (κ1) is 16.3. The predicted octanol–water partition coefficient (Wildman–Crippen LogP) is 1.05. The van der Waals surface area contributed by atoms with Gasteiger partial charge in [0.25, 0.3) is 0 Å². The summed E-state index contributed by atoms with van der Waals surface area (Å²) in [6, 6.07) is 7.35. The smallest absolute Gasteiger partial charge is 0.212 e. The van der Waals surface area contributed by atoms with Gasteiger partial charge in [0.15, 0.2) is 0 Å². The third-order valence-electron chi connectivity index (χ3n) is 2.54.